The maximum atomic E-state index is 13.1. The molecule has 0 bridgehead atoms. The number of carbonyl (C=O) groups excluding carboxylic acids is 1. The molecule has 7 heteroatoms. The van der Waals surface area contributed by atoms with Gasteiger partial charge in [-0.1, -0.05) is 42.5 Å². The summed E-state index contributed by atoms with van der Waals surface area (Å²) in [5.41, 5.74) is 7.50. The number of guanidine groups is 1. The van der Waals surface area contributed by atoms with E-state index in [0.717, 1.165) is 31.2 Å². The number of methoxy groups -OCH3 is 1. The second-order valence-electron chi connectivity index (χ2n) is 7.81. The van der Waals surface area contributed by atoms with Gasteiger partial charge in [0.2, 0.25) is 12.2 Å². The normalized spacial score (nSPS) is 19.7. The Balaban J connectivity index is 1.76. The molecule has 3 N–H and O–H groups in total. The Morgan fingerprint density at radius 1 is 1.16 bits per heavy atom. The summed E-state index contributed by atoms with van der Waals surface area (Å²) >= 11 is 0. The predicted octanol–water partition coefficient (Wildman–Crippen LogP) is 3.45. The van der Waals surface area contributed by atoms with Crippen LogP contribution in [0.25, 0.3) is 0 Å². The molecular weight excluding hydrogens is 390 g/mol. The smallest absolute Gasteiger partial charge is 0.255 e. The Morgan fingerprint density at radius 2 is 1.81 bits per heavy atom. The van der Waals surface area contributed by atoms with Crippen LogP contribution in [-0.2, 0) is 0 Å². The zero-order chi connectivity index (χ0) is 22.2. The molecule has 1 aliphatic rings. The predicted molar refractivity (Wildman–Crippen MR) is 120 cm³/mol. The number of rotatable bonds is 6. The number of nitrogens with one attached hydrogen (secondary N) is 1. The number of nitriles is 1. The van der Waals surface area contributed by atoms with Crippen LogP contribution in [0.5, 0.6) is 5.75 Å². The third-order valence-corrected chi connectivity index (χ3v) is 6.08. The summed E-state index contributed by atoms with van der Waals surface area (Å²) < 4.78 is 5.37. The highest BCUT2D eigenvalue weighted by molar-refractivity contribution is 5.97. The van der Waals surface area contributed by atoms with Crippen molar-refractivity contribution in [1.82, 2.24) is 10.2 Å². The van der Waals surface area contributed by atoms with Gasteiger partial charge in [0.1, 0.15) is 5.75 Å². The van der Waals surface area contributed by atoms with Gasteiger partial charge in [-0.25, -0.2) is 0 Å². The Hall–Kier alpha value is -3.53. The zero-order valence-corrected chi connectivity index (χ0v) is 18.0. The molecule has 1 saturated carbocycles. The number of nitrogens with two attached hydrogens (primary N) is 1. The van der Waals surface area contributed by atoms with Crippen molar-refractivity contribution in [1.29, 1.82) is 5.26 Å². The molecule has 7 nitrogen and oxygen atoms in total. The number of amides is 1. The van der Waals surface area contributed by atoms with E-state index < -0.39 is 0 Å². The summed E-state index contributed by atoms with van der Waals surface area (Å²) in [7, 11) is 3.44. The number of benzene rings is 2. The largest absolute Gasteiger partial charge is 0.496 e. The molecule has 0 radical (unpaired) electrons. The van der Waals surface area contributed by atoms with Crippen molar-refractivity contribution < 1.29 is 9.53 Å². The van der Waals surface area contributed by atoms with Crippen LogP contribution < -0.4 is 15.8 Å². The van der Waals surface area contributed by atoms with Gasteiger partial charge in [-0.2, -0.15) is 5.26 Å². The molecule has 1 fully saturated rings. The Kier molecular flexibility index (Phi) is 7.50. The van der Waals surface area contributed by atoms with Crippen LogP contribution in [-0.4, -0.2) is 37.0 Å². The van der Waals surface area contributed by atoms with Crippen molar-refractivity contribution in [2.24, 2.45) is 16.6 Å². The summed E-state index contributed by atoms with van der Waals surface area (Å²) in [4.78, 5) is 18.6. The van der Waals surface area contributed by atoms with Gasteiger partial charge < -0.3 is 20.7 Å². The van der Waals surface area contributed by atoms with Crippen LogP contribution in [0.1, 0.15) is 47.6 Å². The Bertz CT molecular complexity index is 946. The highest BCUT2D eigenvalue weighted by Gasteiger charge is 2.32. The zero-order valence-electron chi connectivity index (χ0n) is 18.0. The lowest BCUT2D eigenvalue weighted by atomic mass is 9.78. The second-order valence-corrected chi connectivity index (χ2v) is 7.81. The lowest BCUT2D eigenvalue weighted by Crippen LogP contribution is -2.44. The molecule has 162 valence electrons. The average Bonchev–Trinajstić information content (AvgIpc) is 2.82. The maximum Gasteiger partial charge on any atom is 0.255 e. The highest BCUT2D eigenvalue weighted by Crippen LogP contribution is 2.36. The van der Waals surface area contributed by atoms with E-state index in [-0.39, 0.29) is 24.0 Å². The van der Waals surface area contributed by atoms with Crippen LogP contribution in [0, 0.1) is 17.4 Å². The van der Waals surface area contributed by atoms with Crippen LogP contribution in [0.3, 0.4) is 0 Å². The number of hydrogen-bond donors (Lipinski definition) is 2. The summed E-state index contributed by atoms with van der Waals surface area (Å²) in [6.07, 6.45) is 5.44. The molecule has 0 spiro atoms. The van der Waals surface area contributed by atoms with Gasteiger partial charge >= 0.3 is 0 Å². The van der Waals surface area contributed by atoms with Crippen LogP contribution in [0.2, 0.25) is 0 Å². The third kappa shape index (κ3) is 5.34. The molecule has 1 atom stereocenters. The fourth-order valence-corrected chi connectivity index (χ4v) is 4.32. The number of para-hydroxylation sites is 1. The number of aliphatic imine (C=N–C) groups is 1. The number of nitrogens with zero attached hydrogens (tertiary/aromatic N) is 3. The highest BCUT2D eigenvalue weighted by atomic mass is 16.5. The maximum absolute atomic E-state index is 13.1. The first-order chi connectivity index (χ1) is 15.0. The molecule has 1 amide bonds. The van der Waals surface area contributed by atoms with E-state index in [0.29, 0.717) is 17.2 Å². The fourth-order valence-electron chi connectivity index (χ4n) is 4.32. The van der Waals surface area contributed by atoms with Crippen molar-refractivity contribution in [2.75, 3.05) is 14.2 Å². The summed E-state index contributed by atoms with van der Waals surface area (Å²) in [6, 6.07) is 17.5. The first-order valence-electron chi connectivity index (χ1n) is 10.5. The monoisotopic (exact) mass is 419 g/mol. The molecule has 0 aromatic heterocycles. The summed E-state index contributed by atoms with van der Waals surface area (Å²) in [5.74, 6) is 0.954. The number of ether oxygens (including phenoxy) is 1. The topological polar surface area (TPSA) is 104 Å². The van der Waals surface area contributed by atoms with Crippen molar-refractivity contribution >= 4 is 11.9 Å². The lowest BCUT2D eigenvalue weighted by Gasteiger charge is -2.38. The van der Waals surface area contributed by atoms with E-state index in [4.69, 9.17) is 15.7 Å². The van der Waals surface area contributed by atoms with Gasteiger partial charge in [0.05, 0.1) is 18.7 Å². The fraction of sp³-hybridized carbons (Fsp3) is 0.375. The van der Waals surface area contributed by atoms with Gasteiger partial charge in [0, 0.05) is 13.1 Å². The molecule has 0 aliphatic heterocycles. The van der Waals surface area contributed by atoms with Crippen molar-refractivity contribution in [2.45, 2.75) is 37.8 Å². The third-order valence-electron chi connectivity index (χ3n) is 6.08. The van der Waals surface area contributed by atoms with E-state index in [1.807, 2.05) is 42.3 Å². The van der Waals surface area contributed by atoms with E-state index in [1.54, 1.807) is 25.4 Å². The van der Waals surface area contributed by atoms with Gasteiger partial charge in [0.15, 0.2) is 0 Å². The molecule has 0 heterocycles. The molecular formula is C24H29N5O2. The molecule has 1 aliphatic carbocycles. The minimum absolute atomic E-state index is 0.102. The molecule has 2 aromatic rings. The van der Waals surface area contributed by atoms with Gasteiger partial charge in [-0.3, -0.25) is 4.79 Å². The SMILES string of the molecule is COc1ccccc1C(=O)NC(c1ccccc1)[C@H]1CC[C@@H](N(C)C(N)=NC#N)CC1. The van der Waals surface area contributed by atoms with Crippen LogP contribution in [0.15, 0.2) is 59.6 Å². The molecule has 2 aromatic carbocycles. The summed E-state index contributed by atoms with van der Waals surface area (Å²) in [6.45, 7) is 0. The van der Waals surface area contributed by atoms with E-state index in [9.17, 15) is 4.79 Å². The quantitative estimate of drug-likeness (QED) is 0.424. The number of hydrogen-bond acceptors (Lipinski definition) is 4. The van der Waals surface area contributed by atoms with Crippen molar-refractivity contribution in [3.05, 3.63) is 65.7 Å². The molecule has 3 rings (SSSR count). The summed E-state index contributed by atoms with van der Waals surface area (Å²) in [5, 5.41) is 12.0. The molecule has 1 unspecified atom stereocenters. The molecule has 0 saturated heterocycles. The minimum Gasteiger partial charge on any atom is -0.496 e. The van der Waals surface area contributed by atoms with E-state index in [1.165, 1.54) is 0 Å². The van der Waals surface area contributed by atoms with Gasteiger partial charge in [-0.05, 0) is 49.3 Å². The number of carbonyl (C=O) groups is 1. The Labute approximate surface area is 183 Å². The minimum atomic E-state index is -0.143. The van der Waals surface area contributed by atoms with Crippen molar-refractivity contribution in [3.8, 4) is 11.9 Å². The first kappa shape index (κ1) is 22.2. The van der Waals surface area contributed by atoms with Gasteiger partial charge in [0.25, 0.3) is 5.91 Å². The van der Waals surface area contributed by atoms with Gasteiger partial charge in [-0.15, -0.1) is 4.99 Å². The van der Waals surface area contributed by atoms with Crippen LogP contribution in [0.4, 0.5) is 0 Å². The van der Waals surface area contributed by atoms with Crippen molar-refractivity contribution in [3.63, 3.8) is 0 Å². The van der Waals surface area contributed by atoms with E-state index in [2.05, 4.69) is 22.4 Å². The van der Waals surface area contributed by atoms with Crippen LogP contribution >= 0.6 is 0 Å². The Morgan fingerprint density at radius 3 is 2.45 bits per heavy atom. The molecule has 31 heavy (non-hydrogen) atoms. The van der Waals surface area contributed by atoms with E-state index >= 15 is 0 Å². The second kappa shape index (κ2) is 10.5. The first-order valence-corrected chi connectivity index (χ1v) is 10.5. The average molecular weight is 420 g/mol. The standard InChI is InChI=1S/C24H29N5O2/c1-29(24(26)27-16-25)19-14-12-18(13-15-19)22(17-8-4-3-5-9-17)28-23(30)20-10-6-7-11-21(20)31-2/h3-11,18-19,22H,12-15H2,1-2H3,(H2,26,27)(H,28,30)/t18-,19+,22?. The lowest BCUT2D eigenvalue weighted by molar-refractivity contribution is 0.0901.